The highest BCUT2D eigenvalue weighted by Crippen LogP contribution is 2.21. The maximum Gasteiger partial charge on any atom is 0.238 e. The second-order valence-corrected chi connectivity index (χ2v) is 6.09. The van der Waals surface area contributed by atoms with E-state index in [1.165, 1.54) is 12.1 Å². The van der Waals surface area contributed by atoms with Gasteiger partial charge in [0.2, 0.25) is 10.0 Å². The molecule has 6 heteroatoms. The van der Waals surface area contributed by atoms with Gasteiger partial charge in [-0.1, -0.05) is 30.3 Å². The summed E-state index contributed by atoms with van der Waals surface area (Å²) in [5.41, 5.74) is 1.80. The standard InChI is InChI=1S/C15H13N3O2S/c16-21(19,20)14-8-6-13(7-9-14)18-11-10-17-15(18)12-4-2-1-3-5-12/h1-11H,(H2,16,19,20). The maximum absolute atomic E-state index is 11.3. The van der Waals surface area contributed by atoms with Crippen molar-refractivity contribution in [3.8, 4) is 17.1 Å². The number of primary sulfonamides is 1. The largest absolute Gasteiger partial charge is 0.300 e. The predicted octanol–water partition coefficient (Wildman–Crippen LogP) is 2.19. The van der Waals surface area contributed by atoms with E-state index in [2.05, 4.69) is 4.98 Å². The Balaban J connectivity index is 2.05. The Hall–Kier alpha value is -2.44. The van der Waals surface area contributed by atoms with Crippen LogP contribution in [0.4, 0.5) is 0 Å². The van der Waals surface area contributed by atoms with Crippen molar-refractivity contribution in [1.82, 2.24) is 9.55 Å². The zero-order valence-corrected chi connectivity index (χ0v) is 11.9. The molecule has 1 heterocycles. The summed E-state index contributed by atoms with van der Waals surface area (Å²) in [5.74, 6) is 0.791. The Labute approximate surface area is 122 Å². The molecule has 2 N–H and O–H groups in total. The van der Waals surface area contributed by atoms with Crippen LogP contribution in [-0.2, 0) is 10.0 Å². The number of hydrogen-bond donors (Lipinski definition) is 1. The molecule has 0 amide bonds. The highest BCUT2D eigenvalue weighted by Gasteiger charge is 2.10. The molecular formula is C15H13N3O2S. The molecule has 21 heavy (non-hydrogen) atoms. The van der Waals surface area contributed by atoms with Gasteiger partial charge in [0.15, 0.2) is 0 Å². The summed E-state index contributed by atoms with van der Waals surface area (Å²) in [6, 6.07) is 16.1. The number of imidazole rings is 1. The third-order valence-electron chi connectivity index (χ3n) is 3.12. The Bertz CT molecular complexity index is 853. The lowest BCUT2D eigenvalue weighted by Gasteiger charge is -2.08. The summed E-state index contributed by atoms with van der Waals surface area (Å²) in [6.07, 6.45) is 3.53. The highest BCUT2D eigenvalue weighted by atomic mass is 32.2. The molecule has 0 aliphatic rings. The van der Waals surface area contributed by atoms with Crippen LogP contribution in [0, 0.1) is 0 Å². The van der Waals surface area contributed by atoms with Crippen molar-refractivity contribution in [3.05, 3.63) is 67.0 Å². The van der Waals surface area contributed by atoms with Gasteiger partial charge in [-0.25, -0.2) is 18.5 Å². The van der Waals surface area contributed by atoms with Crippen LogP contribution in [0.2, 0.25) is 0 Å². The van der Waals surface area contributed by atoms with Crippen molar-refractivity contribution in [2.24, 2.45) is 5.14 Å². The summed E-state index contributed by atoms with van der Waals surface area (Å²) >= 11 is 0. The van der Waals surface area contributed by atoms with E-state index >= 15 is 0 Å². The number of sulfonamides is 1. The lowest BCUT2D eigenvalue weighted by Crippen LogP contribution is -2.12. The van der Waals surface area contributed by atoms with Gasteiger partial charge in [0.1, 0.15) is 5.82 Å². The molecule has 0 bridgehead atoms. The van der Waals surface area contributed by atoms with Crippen LogP contribution in [0.25, 0.3) is 17.1 Å². The Morgan fingerprint density at radius 2 is 1.62 bits per heavy atom. The minimum Gasteiger partial charge on any atom is -0.300 e. The van der Waals surface area contributed by atoms with Gasteiger partial charge in [-0.2, -0.15) is 0 Å². The molecule has 2 aromatic carbocycles. The van der Waals surface area contributed by atoms with Gasteiger partial charge in [-0.05, 0) is 24.3 Å². The zero-order valence-electron chi connectivity index (χ0n) is 11.0. The average Bonchev–Trinajstić information content (AvgIpc) is 2.97. The fourth-order valence-corrected chi connectivity index (χ4v) is 2.62. The monoisotopic (exact) mass is 299 g/mol. The summed E-state index contributed by atoms with van der Waals surface area (Å²) in [7, 11) is -3.68. The zero-order chi connectivity index (χ0) is 14.9. The SMILES string of the molecule is NS(=O)(=O)c1ccc(-n2ccnc2-c2ccccc2)cc1. The summed E-state index contributed by atoms with van der Waals surface area (Å²) in [5, 5.41) is 5.10. The van der Waals surface area contributed by atoms with Gasteiger partial charge < -0.3 is 0 Å². The molecule has 5 nitrogen and oxygen atoms in total. The van der Waals surface area contributed by atoms with Crippen LogP contribution >= 0.6 is 0 Å². The van der Waals surface area contributed by atoms with Crippen molar-refractivity contribution < 1.29 is 8.42 Å². The first kappa shape index (κ1) is 13.5. The number of nitrogens with zero attached hydrogens (tertiary/aromatic N) is 2. The minimum atomic E-state index is -3.68. The summed E-state index contributed by atoms with van der Waals surface area (Å²) in [6.45, 7) is 0. The molecule has 0 aliphatic heterocycles. The molecule has 3 aromatic rings. The molecule has 0 atom stereocenters. The molecule has 0 aliphatic carbocycles. The lowest BCUT2D eigenvalue weighted by atomic mass is 10.2. The molecule has 0 unspecified atom stereocenters. The first-order valence-corrected chi connectivity index (χ1v) is 7.82. The topological polar surface area (TPSA) is 78.0 Å². The normalized spacial score (nSPS) is 11.5. The van der Waals surface area contributed by atoms with E-state index in [-0.39, 0.29) is 4.90 Å². The van der Waals surface area contributed by atoms with E-state index in [1.54, 1.807) is 18.3 Å². The van der Waals surface area contributed by atoms with Gasteiger partial charge >= 0.3 is 0 Å². The molecule has 0 fully saturated rings. The molecule has 0 saturated heterocycles. The van der Waals surface area contributed by atoms with Gasteiger partial charge in [-0.15, -0.1) is 0 Å². The van der Waals surface area contributed by atoms with Crippen LogP contribution < -0.4 is 5.14 Å². The minimum absolute atomic E-state index is 0.0904. The Kier molecular flexibility index (Phi) is 3.32. The number of aromatic nitrogens is 2. The molecular weight excluding hydrogens is 286 g/mol. The predicted molar refractivity (Wildman–Crippen MR) is 80.4 cm³/mol. The lowest BCUT2D eigenvalue weighted by molar-refractivity contribution is 0.598. The fraction of sp³-hybridized carbons (Fsp3) is 0. The highest BCUT2D eigenvalue weighted by molar-refractivity contribution is 7.89. The van der Waals surface area contributed by atoms with Crippen molar-refractivity contribution in [1.29, 1.82) is 0 Å². The Morgan fingerprint density at radius 1 is 0.952 bits per heavy atom. The van der Waals surface area contributed by atoms with E-state index in [0.717, 1.165) is 17.1 Å². The van der Waals surface area contributed by atoms with E-state index in [9.17, 15) is 8.42 Å². The second-order valence-electron chi connectivity index (χ2n) is 4.53. The van der Waals surface area contributed by atoms with Crippen LogP contribution in [0.1, 0.15) is 0 Å². The summed E-state index contributed by atoms with van der Waals surface area (Å²) < 4.78 is 24.4. The van der Waals surface area contributed by atoms with E-state index in [4.69, 9.17) is 5.14 Å². The van der Waals surface area contributed by atoms with E-state index < -0.39 is 10.0 Å². The van der Waals surface area contributed by atoms with E-state index in [1.807, 2.05) is 41.1 Å². The van der Waals surface area contributed by atoms with Gasteiger partial charge in [-0.3, -0.25) is 4.57 Å². The number of hydrogen-bond acceptors (Lipinski definition) is 3. The summed E-state index contributed by atoms with van der Waals surface area (Å²) in [4.78, 5) is 4.44. The third kappa shape index (κ3) is 2.72. The van der Waals surface area contributed by atoms with E-state index in [0.29, 0.717) is 0 Å². The third-order valence-corrected chi connectivity index (χ3v) is 4.05. The maximum atomic E-state index is 11.3. The van der Waals surface area contributed by atoms with Crippen LogP contribution in [0.15, 0.2) is 71.9 Å². The van der Waals surface area contributed by atoms with Crippen molar-refractivity contribution in [3.63, 3.8) is 0 Å². The number of nitrogens with two attached hydrogens (primary N) is 1. The smallest absolute Gasteiger partial charge is 0.238 e. The van der Waals surface area contributed by atoms with Crippen molar-refractivity contribution in [2.75, 3.05) is 0 Å². The fourth-order valence-electron chi connectivity index (χ4n) is 2.11. The van der Waals surface area contributed by atoms with Gasteiger partial charge in [0.05, 0.1) is 4.90 Å². The number of benzene rings is 2. The Morgan fingerprint density at radius 3 is 2.24 bits per heavy atom. The van der Waals surface area contributed by atoms with Gasteiger partial charge in [0.25, 0.3) is 0 Å². The molecule has 0 radical (unpaired) electrons. The number of rotatable bonds is 3. The first-order valence-electron chi connectivity index (χ1n) is 6.28. The van der Waals surface area contributed by atoms with Crippen molar-refractivity contribution in [2.45, 2.75) is 4.90 Å². The van der Waals surface area contributed by atoms with Crippen molar-refractivity contribution >= 4 is 10.0 Å². The molecule has 106 valence electrons. The van der Waals surface area contributed by atoms with Crippen LogP contribution in [-0.4, -0.2) is 18.0 Å². The van der Waals surface area contributed by atoms with Crippen LogP contribution in [0.5, 0.6) is 0 Å². The van der Waals surface area contributed by atoms with Crippen LogP contribution in [0.3, 0.4) is 0 Å². The quantitative estimate of drug-likeness (QED) is 0.805. The average molecular weight is 299 g/mol. The first-order chi connectivity index (χ1) is 10.1. The second kappa shape index (κ2) is 5.16. The molecule has 0 spiro atoms. The molecule has 1 aromatic heterocycles. The van der Waals surface area contributed by atoms with Gasteiger partial charge in [0, 0.05) is 23.6 Å². The molecule has 0 saturated carbocycles. The molecule has 3 rings (SSSR count).